The number of anilines is 3. The minimum absolute atomic E-state index is 0.362. The molecular weight excluding hydrogens is 338 g/mol. The van der Waals surface area contributed by atoms with Crippen LogP contribution >= 0.6 is 11.6 Å². The normalized spacial score (nSPS) is 14.3. The molecule has 0 bridgehead atoms. The van der Waals surface area contributed by atoms with Crippen LogP contribution in [0, 0.1) is 0 Å². The highest BCUT2D eigenvalue weighted by molar-refractivity contribution is 6.30. The third-order valence-electron chi connectivity index (χ3n) is 4.21. The summed E-state index contributed by atoms with van der Waals surface area (Å²) in [5.41, 5.74) is 3.06. The van der Waals surface area contributed by atoms with Gasteiger partial charge in [0, 0.05) is 48.3 Å². The molecule has 0 atom stereocenters. The number of hydrogen-bond acceptors (Lipinski definition) is 4. The molecule has 132 valence electrons. The van der Waals surface area contributed by atoms with E-state index in [-0.39, 0.29) is 0 Å². The zero-order valence-electron chi connectivity index (χ0n) is 14.2. The maximum absolute atomic E-state index is 11.4. The number of carbonyl (C=O) groups excluding carboxylic acids is 1. The van der Waals surface area contributed by atoms with Crippen molar-refractivity contribution in [3.05, 3.63) is 53.6 Å². The number of halogens is 1. The molecule has 0 radical (unpaired) electrons. The first-order chi connectivity index (χ1) is 12.2. The molecule has 0 spiro atoms. The molecule has 6 heteroatoms. The van der Waals surface area contributed by atoms with Crippen molar-refractivity contribution in [2.75, 3.05) is 47.9 Å². The van der Waals surface area contributed by atoms with E-state index < -0.39 is 6.09 Å². The Hall–Kier alpha value is -2.40. The molecule has 0 aliphatic carbocycles. The van der Waals surface area contributed by atoms with Crippen LogP contribution in [0.25, 0.3) is 0 Å². The molecule has 0 unspecified atom stereocenters. The molecule has 1 N–H and O–H groups in total. The summed E-state index contributed by atoms with van der Waals surface area (Å²) >= 11 is 6.08. The van der Waals surface area contributed by atoms with Gasteiger partial charge in [0.15, 0.2) is 0 Å². The van der Waals surface area contributed by atoms with Crippen molar-refractivity contribution in [3.8, 4) is 0 Å². The van der Waals surface area contributed by atoms with Crippen LogP contribution in [0.5, 0.6) is 0 Å². The molecule has 1 saturated heterocycles. The first kappa shape index (κ1) is 17.4. The molecule has 1 aliphatic rings. The van der Waals surface area contributed by atoms with E-state index in [9.17, 15) is 4.79 Å². The van der Waals surface area contributed by atoms with Gasteiger partial charge < -0.3 is 14.5 Å². The van der Waals surface area contributed by atoms with Gasteiger partial charge in [-0.3, -0.25) is 5.32 Å². The fourth-order valence-electron chi connectivity index (χ4n) is 2.94. The van der Waals surface area contributed by atoms with E-state index in [4.69, 9.17) is 16.3 Å². The van der Waals surface area contributed by atoms with Gasteiger partial charge in [0.2, 0.25) is 0 Å². The lowest BCUT2D eigenvalue weighted by molar-refractivity contribution is 0.168. The average molecular weight is 360 g/mol. The lowest BCUT2D eigenvalue weighted by Crippen LogP contribution is -2.46. The molecule has 0 aromatic heterocycles. The van der Waals surface area contributed by atoms with E-state index in [0.29, 0.717) is 6.61 Å². The molecule has 25 heavy (non-hydrogen) atoms. The Kier molecular flexibility index (Phi) is 5.66. The average Bonchev–Trinajstić information content (AvgIpc) is 2.63. The zero-order chi connectivity index (χ0) is 17.6. The summed E-state index contributed by atoms with van der Waals surface area (Å²) < 4.78 is 4.88. The van der Waals surface area contributed by atoms with Crippen molar-refractivity contribution in [2.24, 2.45) is 0 Å². The minimum Gasteiger partial charge on any atom is -0.450 e. The van der Waals surface area contributed by atoms with E-state index in [1.807, 2.05) is 42.5 Å². The second kappa shape index (κ2) is 8.12. The third-order valence-corrected chi connectivity index (χ3v) is 4.44. The number of ether oxygens (including phenoxy) is 1. The van der Waals surface area contributed by atoms with Gasteiger partial charge in [-0.1, -0.05) is 17.7 Å². The smallest absolute Gasteiger partial charge is 0.411 e. The fourth-order valence-corrected chi connectivity index (χ4v) is 3.12. The summed E-state index contributed by atoms with van der Waals surface area (Å²) in [5.74, 6) is 0. The van der Waals surface area contributed by atoms with E-state index in [1.54, 1.807) is 6.92 Å². The fraction of sp³-hybridized carbons (Fsp3) is 0.316. The quantitative estimate of drug-likeness (QED) is 0.887. The lowest BCUT2D eigenvalue weighted by Gasteiger charge is -2.37. The second-order valence-corrected chi connectivity index (χ2v) is 6.28. The van der Waals surface area contributed by atoms with Gasteiger partial charge in [0.05, 0.1) is 6.61 Å². The van der Waals surface area contributed by atoms with Crippen LogP contribution in [-0.4, -0.2) is 38.9 Å². The number of nitrogens with zero attached hydrogens (tertiary/aromatic N) is 2. The van der Waals surface area contributed by atoms with E-state index in [2.05, 4.69) is 21.2 Å². The molecule has 1 amide bonds. The molecule has 1 heterocycles. The Morgan fingerprint density at radius 3 is 2.28 bits per heavy atom. The first-order valence-corrected chi connectivity index (χ1v) is 8.83. The summed E-state index contributed by atoms with van der Waals surface area (Å²) in [6.45, 7) is 5.92. The van der Waals surface area contributed by atoms with Crippen LogP contribution < -0.4 is 15.1 Å². The van der Waals surface area contributed by atoms with Gasteiger partial charge in [0.25, 0.3) is 0 Å². The van der Waals surface area contributed by atoms with Gasteiger partial charge in [0.1, 0.15) is 0 Å². The molecule has 1 aliphatic heterocycles. The van der Waals surface area contributed by atoms with Crippen molar-refractivity contribution in [1.82, 2.24) is 0 Å². The number of piperazine rings is 1. The maximum Gasteiger partial charge on any atom is 0.411 e. The van der Waals surface area contributed by atoms with Crippen molar-refractivity contribution in [3.63, 3.8) is 0 Å². The molecule has 0 saturated carbocycles. The monoisotopic (exact) mass is 359 g/mol. The molecular formula is C19H22ClN3O2. The highest BCUT2D eigenvalue weighted by atomic mass is 35.5. The molecule has 2 aromatic carbocycles. The largest absolute Gasteiger partial charge is 0.450 e. The summed E-state index contributed by atoms with van der Waals surface area (Å²) in [6.07, 6.45) is -0.426. The Labute approximate surface area is 153 Å². The Morgan fingerprint density at radius 1 is 1.04 bits per heavy atom. The Balaban J connectivity index is 1.56. The number of benzene rings is 2. The van der Waals surface area contributed by atoms with Crippen LogP contribution in [0.4, 0.5) is 21.9 Å². The zero-order valence-corrected chi connectivity index (χ0v) is 15.0. The van der Waals surface area contributed by atoms with E-state index in [0.717, 1.165) is 42.6 Å². The van der Waals surface area contributed by atoms with Gasteiger partial charge >= 0.3 is 6.09 Å². The molecule has 2 aromatic rings. The minimum atomic E-state index is -0.426. The molecule has 1 fully saturated rings. The lowest BCUT2D eigenvalue weighted by atomic mass is 10.2. The van der Waals surface area contributed by atoms with Crippen molar-refractivity contribution in [2.45, 2.75) is 6.92 Å². The van der Waals surface area contributed by atoms with Crippen LogP contribution in [0.3, 0.4) is 0 Å². The topological polar surface area (TPSA) is 44.8 Å². The summed E-state index contributed by atoms with van der Waals surface area (Å²) in [4.78, 5) is 16.1. The van der Waals surface area contributed by atoms with Crippen molar-refractivity contribution >= 4 is 34.8 Å². The maximum atomic E-state index is 11.4. The first-order valence-electron chi connectivity index (χ1n) is 8.45. The van der Waals surface area contributed by atoms with Gasteiger partial charge in [-0.2, -0.15) is 0 Å². The predicted octanol–water partition coefficient (Wildman–Crippen LogP) is 4.24. The van der Waals surface area contributed by atoms with E-state index in [1.165, 1.54) is 5.69 Å². The van der Waals surface area contributed by atoms with Crippen LogP contribution in [-0.2, 0) is 4.74 Å². The number of carbonyl (C=O) groups is 1. The SMILES string of the molecule is CCOC(=O)Nc1ccc(N2CCN(c3cccc(Cl)c3)CC2)cc1. The number of rotatable bonds is 4. The summed E-state index contributed by atoms with van der Waals surface area (Å²) in [6, 6.07) is 15.8. The summed E-state index contributed by atoms with van der Waals surface area (Å²) in [5, 5.41) is 3.47. The molecule has 3 rings (SSSR count). The predicted molar refractivity (Wildman–Crippen MR) is 103 cm³/mol. The van der Waals surface area contributed by atoms with Gasteiger partial charge in [-0.25, -0.2) is 4.79 Å². The van der Waals surface area contributed by atoms with Crippen LogP contribution in [0.1, 0.15) is 6.92 Å². The Morgan fingerprint density at radius 2 is 1.68 bits per heavy atom. The highest BCUT2D eigenvalue weighted by Gasteiger charge is 2.17. The highest BCUT2D eigenvalue weighted by Crippen LogP contribution is 2.24. The van der Waals surface area contributed by atoms with Gasteiger partial charge in [-0.15, -0.1) is 0 Å². The summed E-state index contributed by atoms with van der Waals surface area (Å²) in [7, 11) is 0. The Bertz CT molecular complexity index is 713. The standard InChI is InChI=1S/C19H22ClN3O2/c1-2-25-19(24)21-16-6-8-17(9-7-16)22-10-12-23(13-11-22)18-5-3-4-15(20)14-18/h3-9,14H,2,10-13H2,1H3,(H,21,24). The van der Waals surface area contributed by atoms with Crippen LogP contribution in [0.2, 0.25) is 5.02 Å². The second-order valence-electron chi connectivity index (χ2n) is 5.85. The number of amides is 1. The van der Waals surface area contributed by atoms with Crippen LogP contribution in [0.15, 0.2) is 48.5 Å². The number of hydrogen-bond donors (Lipinski definition) is 1. The van der Waals surface area contributed by atoms with Crippen molar-refractivity contribution in [1.29, 1.82) is 0 Å². The third kappa shape index (κ3) is 4.57. The number of nitrogens with one attached hydrogen (secondary N) is 1. The van der Waals surface area contributed by atoms with E-state index >= 15 is 0 Å². The molecule has 5 nitrogen and oxygen atoms in total. The van der Waals surface area contributed by atoms with Crippen molar-refractivity contribution < 1.29 is 9.53 Å². The van der Waals surface area contributed by atoms with Gasteiger partial charge in [-0.05, 0) is 49.4 Å².